The summed E-state index contributed by atoms with van der Waals surface area (Å²) in [4.78, 5) is 34.1. The molecule has 4 unspecified atom stereocenters. The number of esters is 2. The molecule has 0 radical (unpaired) electrons. The van der Waals surface area contributed by atoms with Gasteiger partial charge in [-0.3, -0.25) is 0 Å². The molecule has 0 aromatic carbocycles. The summed E-state index contributed by atoms with van der Waals surface area (Å²) in [6.07, 6.45) is 5.28. The molecule has 0 bridgehead atoms. The molecule has 2 aliphatic rings. The van der Waals surface area contributed by atoms with Crippen molar-refractivity contribution < 1.29 is 56.9 Å². The maximum absolute atomic E-state index is 11.8. The van der Waals surface area contributed by atoms with Gasteiger partial charge < -0.3 is 47.9 Å². The third kappa shape index (κ3) is 11.7. The Morgan fingerprint density at radius 1 is 0.912 bits per heavy atom. The lowest BCUT2D eigenvalue weighted by Crippen LogP contribution is -3.00. The van der Waals surface area contributed by atoms with E-state index in [-0.39, 0.29) is 18.4 Å². The SMILES string of the molecule is COC(=O)C(O)C(CC1CCC1)NC(=O)OC(C)(C)C.COC(=O)C(O)C([NH3+])CC1CCC1.[Cl-]. The van der Waals surface area contributed by atoms with Gasteiger partial charge in [0.15, 0.2) is 6.10 Å². The summed E-state index contributed by atoms with van der Waals surface area (Å²) in [6.45, 7) is 5.26. The first-order valence-electron chi connectivity index (χ1n) is 11.7. The van der Waals surface area contributed by atoms with E-state index < -0.39 is 41.9 Å². The molecule has 200 valence electrons. The number of aliphatic hydroxyl groups excluding tert-OH is 2. The summed E-state index contributed by atoms with van der Waals surface area (Å²) >= 11 is 0. The Kier molecular flexibility index (Phi) is 14.7. The van der Waals surface area contributed by atoms with Crippen LogP contribution in [0.3, 0.4) is 0 Å². The molecule has 0 aromatic heterocycles. The van der Waals surface area contributed by atoms with Gasteiger partial charge in [0, 0.05) is 6.42 Å². The smallest absolute Gasteiger partial charge is 0.407 e. The Balaban J connectivity index is 0.000000676. The normalized spacial score (nSPS) is 19.3. The number of quaternary nitrogens is 1. The Bertz CT molecular complexity index is 635. The number of ether oxygens (including phenoxy) is 3. The van der Waals surface area contributed by atoms with Crippen molar-refractivity contribution in [2.45, 2.75) is 102 Å². The predicted octanol–water partition coefficient (Wildman–Crippen LogP) is -2.07. The van der Waals surface area contributed by atoms with E-state index in [4.69, 9.17) is 4.74 Å². The number of methoxy groups -OCH3 is 2. The van der Waals surface area contributed by atoms with Gasteiger partial charge in [0.25, 0.3) is 0 Å². The molecule has 2 aliphatic carbocycles. The van der Waals surface area contributed by atoms with Crippen LogP contribution in [0.25, 0.3) is 0 Å². The number of hydrogen-bond acceptors (Lipinski definition) is 8. The summed E-state index contributed by atoms with van der Waals surface area (Å²) < 4.78 is 14.1. The largest absolute Gasteiger partial charge is 1.00 e. The fourth-order valence-electron chi connectivity index (χ4n) is 3.70. The average Bonchev–Trinajstić information content (AvgIpc) is 2.68. The first-order chi connectivity index (χ1) is 15.4. The maximum Gasteiger partial charge on any atom is 0.407 e. The van der Waals surface area contributed by atoms with Crippen LogP contribution in [-0.4, -0.2) is 72.4 Å². The molecule has 10 nitrogen and oxygen atoms in total. The van der Waals surface area contributed by atoms with Gasteiger partial charge in [-0.15, -0.1) is 0 Å². The minimum atomic E-state index is -1.37. The predicted molar refractivity (Wildman–Crippen MR) is 120 cm³/mol. The lowest BCUT2D eigenvalue weighted by molar-refractivity contribution is -0.438. The Labute approximate surface area is 208 Å². The lowest BCUT2D eigenvalue weighted by atomic mass is 9.80. The van der Waals surface area contributed by atoms with Crippen LogP contribution in [0.4, 0.5) is 4.79 Å². The molecule has 4 atom stereocenters. The number of rotatable bonds is 9. The van der Waals surface area contributed by atoms with E-state index >= 15 is 0 Å². The zero-order valence-electron chi connectivity index (χ0n) is 21.0. The molecule has 34 heavy (non-hydrogen) atoms. The molecule has 0 aliphatic heterocycles. The van der Waals surface area contributed by atoms with Crippen molar-refractivity contribution in [2.75, 3.05) is 14.2 Å². The van der Waals surface area contributed by atoms with E-state index in [0.717, 1.165) is 25.7 Å². The second-order valence-corrected chi connectivity index (χ2v) is 10.0. The highest BCUT2D eigenvalue weighted by atomic mass is 35.5. The number of hydrogen-bond donors (Lipinski definition) is 4. The molecule has 11 heteroatoms. The van der Waals surface area contributed by atoms with Gasteiger partial charge in [0.2, 0.25) is 6.10 Å². The van der Waals surface area contributed by atoms with Crippen molar-refractivity contribution in [2.24, 2.45) is 11.8 Å². The van der Waals surface area contributed by atoms with E-state index in [1.807, 2.05) is 0 Å². The van der Waals surface area contributed by atoms with Crippen molar-refractivity contribution in [1.29, 1.82) is 0 Å². The van der Waals surface area contributed by atoms with Crippen LogP contribution in [0, 0.1) is 11.8 Å². The molecule has 0 saturated heterocycles. The van der Waals surface area contributed by atoms with Crippen LogP contribution in [0.5, 0.6) is 0 Å². The number of halogens is 1. The molecule has 2 fully saturated rings. The number of aliphatic hydroxyl groups is 2. The molecular weight excluding hydrogens is 468 g/mol. The van der Waals surface area contributed by atoms with Crippen molar-refractivity contribution in [3.05, 3.63) is 0 Å². The summed E-state index contributed by atoms with van der Waals surface area (Å²) in [7, 11) is 2.49. The van der Waals surface area contributed by atoms with Crippen LogP contribution in [0.15, 0.2) is 0 Å². The maximum atomic E-state index is 11.8. The Morgan fingerprint density at radius 3 is 1.74 bits per heavy atom. The highest BCUT2D eigenvalue weighted by Gasteiger charge is 2.34. The Hall–Kier alpha value is -1.62. The van der Waals surface area contributed by atoms with Gasteiger partial charge in [0.05, 0.1) is 20.3 Å². The van der Waals surface area contributed by atoms with Gasteiger partial charge in [-0.25, -0.2) is 14.4 Å². The van der Waals surface area contributed by atoms with Crippen LogP contribution >= 0.6 is 0 Å². The molecule has 0 aromatic rings. The standard InChI is InChI=1S/C14H25NO5.C9H17NO3.ClH/c1-14(2,3)20-13(18)15-10(8-9-6-5-7-9)11(16)12(17)19-4;1-13-9(12)8(11)7(10)5-6-3-2-4-6;/h9-11,16H,5-8H2,1-4H3,(H,15,18);6-8,11H,2-5,10H2,1H3;1H. The summed E-state index contributed by atoms with van der Waals surface area (Å²) in [5.74, 6) is -0.235. The van der Waals surface area contributed by atoms with Gasteiger partial charge in [0.1, 0.15) is 11.6 Å². The molecule has 0 spiro atoms. The number of alkyl carbamates (subject to hydrolysis) is 1. The van der Waals surface area contributed by atoms with Crippen molar-refractivity contribution in [3.63, 3.8) is 0 Å². The number of amides is 1. The fourth-order valence-corrected chi connectivity index (χ4v) is 3.70. The van der Waals surface area contributed by atoms with Gasteiger partial charge >= 0.3 is 18.0 Å². The van der Waals surface area contributed by atoms with Crippen LogP contribution < -0.4 is 23.5 Å². The first kappa shape index (κ1) is 32.4. The van der Waals surface area contributed by atoms with E-state index in [1.165, 1.54) is 33.5 Å². The molecule has 2 rings (SSSR count). The average molecular weight is 511 g/mol. The van der Waals surface area contributed by atoms with Crippen LogP contribution in [0.2, 0.25) is 0 Å². The fraction of sp³-hybridized carbons (Fsp3) is 0.870. The first-order valence-corrected chi connectivity index (χ1v) is 11.7. The van der Waals surface area contributed by atoms with Crippen molar-refractivity contribution >= 4 is 18.0 Å². The van der Waals surface area contributed by atoms with E-state index in [1.54, 1.807) is 20.8 Å². The zero-order chi connectivity index (χ0) is 25.2. The van der Waals surface area contributed by atoms with Gasteiger partial charge in [-0.2, -0.15) is 0 Å². The van der Waals surface area contributed by atoms with Gasteiger partial charge in [-0.05, 0) is 39.0 Å². The molecule has 1 amide bonds. The second kappa shape index (κ2) is 15.4. The highest BCUT2D eigenvalue weighted by Crippen LogP contribution is 2.31. The number of nitrogens with one attached hydrogen (secondary N) is 1. The van der Waals surface area contributed by atoms with Gasteiger partial charge in [-0.1, -0.05) is 38.5 Å². The summed E-state index contributed by atoms with van der Waals surface area (Å²) in [5.41, 5.74) is 3.15. The van der Waals surface area contributed by atoms with Crippen molar-refractivity contribution in [3.8, 4) is 0 Å². The second-order valence-electron chi connectivity index (χ2n) is 10.0. The molecular formula is C23H43ClN2O8. The minimum Gasteiger partial charge on any atom is -1.00 e. The zero-order valence-corrected chi connectivity index (χ0v) is 21.8. The third-order valence-corrected chi connectivity index (χ3v) is 6.09. The molecule has 6 N–H and O–H groups in total. The van der Waals surface area contributed by atoms with E-state index in [0.29, 0.717) is 18.3 Å². The highest BCUT2D eigenvalue weighted by molar-refractivity contribution is 5.77. The summed E-state index contributed by atoms with van der Waals surface area (Å²) in [6, 6.07) is -0.902. The Morgan fingerprint density at radius 2 is 1.35 bits per heavy atom. The lowest BCUT2D eigenvalue weighted by Gasteiger charge is -2.32. The van der Waals surface area contributed by atoms with E-state index in [2.05, 4.69) is 20.5 Å². The quantitative estimate of drug-likeness (QED) is 0.203. The van der Waals surface area contributed by atoms with E-state index in [9.17, 15) is 24.6 Å². The minimum absolute atomic E-state index is 0. The monoisotopic (exact) mass is 510 g/mol. The number of carbonyl (C=O) groups excluding carboxylic acids is 3. The molecule has 2 saturated carbocycles. The van der Waals surface area contributed by atoms with Crippen molar-refractivity contribution in [1.82, 2.24) is 5.32 Å². The molecule has 0 heterocycles. The van der Waals surface area contributed by atoms with Crippen LogP contribution in [-0.2, 0) is 23.8 Å². The third-order valence-electron chi connectivity index (χ3n) is 6.09. The number of carbonyl (C=O) groups is 3. The topological polar surface area (TPSA) is 159 Å². The summed E-state index contributed by atoms with van der Waals surface area (Å²) in [5, 5.41) is 21.9. The van der Waals surface area contributed by atoms with Crippen LogP contribution in [0.1, 0.15) is 72.1 Å².